The van der Waals surface area contributed by atoms with E-state index in [1.807, 2.05) is 15.5 Å². The molecule has 0 saturated carbocycles. The molecule has 1 aromatic carbocycles. The Morgan fingerprint density at radius 1 is 1.03 bits per heavy atom. The molecule has 2 atom stereocenters. The Kier molecular flexibility index (Phi) is 4.52. The summed E-state index contributed by atoms with van der Waals surface area (Å²) in [4.78, 5) is 27.1. The Morgan fingerprint density at radius 3 is 2.72 bits per heavy atom. The number of rotatable bonds is 2. The molecule has 0 spiro atoms. The van der Waals surface area contributed by atoms with Gasteiger partial charge in [-0.2, -0.15) is 0 Å². The molecule has 7 heteroatoms. The van der Waals surface area contributed by atoms with Gasteiger partial charge in [0.2, 0.25) is 0 Å². The van der Waals surface area contributed by atoms with Crippen LogP contribution in [0.25, 0.3) is 11.3 Å². The van der Waals surface area contributed by atoms with Crippen LogP contribution in [-0.4, -0.2) is 28.5 Å². The van der Waals surface area contributed by atoms with Crippen LogP contribution in [0.1, 0.15) is 28.6 Å². The number of amides is 1. The van der Waals surface area contributed by atoms with Crippen LogP contribution in [0.2, 0.25) is 10.0 Å². The molecular formula is C22H18Cl2N2O3. The van der Waals surface area contributed by atoms with Gasteiger partial charge in [0.05, 0.1) is 5.02 Å². The molecule has 29 heavy (non-hydrogen) atoms. The number of hydrogen-bond donors (Lipinski definition) is 0. The van der Waals surface area contributed by atoms with Gasteiger partial charge in [-0.1, -0.05) is 29.3 Å². The minimum Gasteiger partial charge on any atom is -0.451 e. The van der Waals surface area contributed by atoms with Crippen molar-refractivity contribution in [2.75, 3.05) is 13.1 Å². The van der Waals surface area contributed by atoms with Gasteiger partial charge in [0.15, 0.2) is 5.76 Å². The first kappa shape index (κ1) is 18.5. The molecule has 1 amide bonds. The average molecular weight is 429 g/mol. The summed E-state index contributed by atoms with van der Waals surface area (Å²) in [6, 6.07) is 14.0. The van der Waals surface area contributed by atoms with E-state index in [9.17, 15) is 9.59 Å². The highest BCUT2D eigenvalue weighted by Gasteiger charge is 2.37. The molecule has 5 rings (SSSR count). The van der Waals surface area contributed by atoms with E-state index in [1.54, 1.807) is 42.5 Å². The normalized spacial score (nSPS) is 20.4. The molecule has 0 N–H and O–H groups in total. The molecule has 0 radical (unpaired) electrons. The molecule has 0 unspecified atom stereocenters. The summed E-state index contributed by atoms with van der Waals surface area (Å²) < 4.78 is 7.70. The summed E-state index contributed by atoms with van der Waals surface area (Å²) in [5, 5.41) is 1.02. The number of benzene rings is 1. The van der Waals surface area contributed by atoms with Gasteiger partial charge in [-0.05, 0) is 48.7 Å². The number of likely N-dealkylation sites (tertiary alicyclic amines) is 1. The average Bonchev–Trinajstić information content (AvgIpc) is 3.18. The molecule has 2 aromatic heterocycles. The fraction of sp³-hybridized carbons (Fsp3) is 0.273. The zero-order chi connectivity index (χ0) is 20.1. The summed E-state index contributed by atoms with van der Waals surface area (Å²) in [6.07, 6.45) is 0.997. The van der Waals surface area contributed by atoms with Crippen LogP contribution in [0.15, 0.2) is 57.7 Å². The molecule has 1 saturated heterocycles. The van der Waals surface area contributed by atoms with E-state index in [-0.39, 0.29) is 29.1 Å². The number of carbonyl (C=O) groups excluding carboxylic acids is 1. The second-order valence-corrected chi connectivity index (χ2v) is 8.54. The van der Waals surface area contributed by atoms with E-state index in [0.29, 0.717) is 41.0 Å². The van der Waals surface area contributed by atoms with Crippen molar-refractivity contribution in [2.45, 2.75) is 18.9 Å². The van der Waals surface area contributed by atoms with Crippen molar-refractivity contribution in [1.29, 1.82) is 0 Å². The molecule has 2 aliphatic heterocycles. The lowest BCUT2D eigenvalue weighted by Crippen LogP contribution is -2.49. The number of furan rings is 1. The molecule has 0 aliphatic carbocycles. The standard InChI is InChI=1S/C22H18Cl2N2O3/c23-15-4-5-16(17(24)9-15)19-6-7-20(29-19)22(28)25-10-13-8-14(12-25)18-2-1-3-21(27)26(18)11-13/h1-7,9,13-14H,8,10-12H2/t13-,14-/m0/s1. The van der Waals surface area contributed by atoms with Gasteiger partial charge >= 0.3 is 0 Å². The van der Waals surface area contributed by atoms with Crippen LogP contribution in [0.5, 0.6) is 0 Å². The summed E-state index contributed by atoms with van der Waals surface area (Å²) in [5.41, 5.74) is 1.74. The van der Waals surface area contributed by atoms with E-state index in [1.165, 1.54) is 0 Å². The van der Waals surface area contributed by atoms with E-state index in [0.717, 1.165) is 12.1 Å². The highest BCUT2D eigenvalue weighted by molar-refractivity contribution is 6.36. The molecule has 5 nitrogen and oxygen atoms in total. The van der Waals surface area contributed by atoms with Crippen LogP contribution in [0.3, 0.4) is 0 Å². The third kappa shape index (κ3) is 3.28. The quantitative estimate of drug-likeness (QED) is 0.595. The topological polar surface area (TPSA) is 55.5 Å². The fourth-order valence-electron chi connectivity index (χ4n) is 4.51. The lowest BCUT2D eigenvalue weighted by atomic mass is 9.83. The van der Waals surface area contributed by atoms with Gasteiger partial charge in [0.25, 0.3) is 11.5 Å². The number of aromatic nitrogens is 1. The number of halogens is 2. The zero-order valence-electron chi connectivity index (χ0n) is 15.5. The lowest BCUT2D eigenvalue weighted by Gasteiger charge is -2.42. The molecule has 1 fully saturated rings. The molecule has 148 valence electrons. The van der Waals surface area contributed by atoms with Crippen LogP contribution in [-0.2, 0) is 6.54 Å². The van der Waals surface area contributed by atoms with Crippen molar-refractivity contribution >= 4 is 29.1 Å². The number of piperidine rings is 1. The van der Waals surface area contributed by atoms with Crippen molar-refractivity contribution in [3.8, 4) is 11.3 Å². The molecule has 2 aliphatic rings. The molecule has 3 aromatic rings. The summed E-state index contributed by atoms with van der Waals surface area (Å²) in [6.45, 7) is 1.85. The van der Waals surface area contributed by atoms with E-state index in [2.05, 4.69) is 0 Å². The molecular weight excluding hydrogens is 411 g/mol. The number of fused-ring (bicyclic) bond motifs is 4. The molecule has 2 bridgehead atoms. The molecule has 4 heterocycles. The first-order valence-corrected chi connectivity index (χ1v) is 10.3. The fourth-order valence-corrected chi connectivity index (χ4v) is 5.01. The third-order valence-corrected chi connectivity index (χ3v) is 6.33. The van der Waals surface area contributed by atoms with Crippen LogP contribution < -0.4 is 5.56 Å². The second-order valence-electron chi connectivity index (χ2n) is 7.70. The number of carbonyl (C=O) groups is 1. The number of pyridine rings is 1. The van der Waals surface area contributed by atoms with Crippen LogP contribution in [0.4, 0.5) is 0 Å². The van der Waals surface area contributed by atoms with Crippen molar-refractivity contribution in [1.82, 2.24) is 9.47 Å². The van der Waals surface area contributed by atoms with Gasteiger partial charge in [-0.3, -0.25) is 9.59 Å². The first-order chi connectivity index (χ1) is 14.0. The van der Waals surface area contributed by atoms with Crippen LogP contribution >= 0.6 is 23.2 Å². The number of hydrogen-bond acceptors (Lipinski definition) is 3. The second kappa shape index (κ2) is 7.08. The minimum absolute atomic E-state index is 0.0347. The van der Waals surface area contributed by atoms with E-state index in [4.69, 9.17) is 27.6 Å². The van der Waals surface area contributed by atoms with Crippen molar-refractivity contribution in [3.63, 3.8) is 0 Å². The van der Waals surface area contributed by atoms with Gasteiger partial charge in [0, 0.05) is 47.9 Å². The number of nitrogens with zero attached hydrogens (tertiary/aromatic N) is 2. The van der Waals surface area contributed by atoms with E-state index >= 15 is 0 Å². The Balaban J connectivity index is 1.40. The Hall–Kier alpha value is -2.50. The Bertz CT molecular complexity index is 1170. The first-order valence-electron chi connectivity index (χ1n) is 9.54. The maximum atomic E-state index is 13.1. The maximum absolute atomic E-state index is 13.1. The van der Waals surface area contributed by atoms with Crippen molar-refractivity contribution < 1.29 is 9.21 Å². The van der Waals surface area contributed by atoms with Crippen LogP contribution in [0, 0.1) is 5.92 Å². The summed E-state index contributed by atoms with van der Waals surface area (Å²) in [7, 11) is 0. The van der Waals surface area contributed by atoms with Gasteiger partial charge in [-0.25, -0.2) is 0 Å². The Morgan fingerprint density at radius 2 is 1.90 bits per heavy atom. The highest BCUT2D eigenvalue weighted by Crippen LogP contribution is 2.36. The Labute approximate surface area is 177 Å². The smallest absolute Gasteiger partial charge is 0.289 e. The lowest BCUT2D eigenvalue weighted by molar-refractivity contribution is 0.0564. The minimum atomic E-state index is -0.136. The third-order valence-electron chi connectivity index (χ3n) is 5.78. The summed E-state index contributed by atoms with van der Waals surface area (Å²) in [5.74, 6) is 1.12. The zero-order valence-corrected chi connectivity index (χ0v) is 17.0. The monoisotopic (exact) mass is 428 g/mol. The highest BCUT2D eigenvalue weighted by atomic mass is 35.5. The summed E-state index contributed by atoms with van der Waals surface area (Å²) >= 11 is 12.2. The largest absolute Gasteiger partial charge is 0.451 e. The van der Waals surface area contributed by atoms with Gasteiger partial charge in [-0.15, -0.1) is 0 Å². The van der Waals surface area contributed by atoms with Gasteiger partial charge in [0.1, 0.15) is 5.76 Å². The van der Waals surface area contributed by atoms with E-state index < -0.39 is 0 Å². The maximum Gasteiger partial charge on any atom is 0.289 e. The predicted octanol–water partition coefficient (Wildman–Crippen LogP) is 4.67. The van der Waals surface area contributed by atoms with Crippen molar-refractivity contribution in [3.05, 3.63) is 80.4 Å². The SMILES string of the molecule is O=C(c1ccc(-c2ccc(Cl)cc2Cl)o1)N1C[C@@H]2C[C@@H](C1)c1cccc(=O)n1C2. The van der Waals surface area contributed by atoms with Gasteiger partial charge < -0.3 is 13.9 Å². The van der Waals surface area contributed by atoms with Crippen molar-refractivity contribution in [2.24, 2.45) is 5.92 Å². The predicted molar refractivity (Wildman–Crippen MR) is 112 cm³/mol.